The summed E-state index contributed by atoms with van der Waals surface area (Å²) in [5, 5.41) is 2.18. The lowest BCUT2D eigenvalue weighted by atomic mass is 9.89. The minimum Gasteiger partial charge on any atom is -0.487 e. The quantitative estimate of drug-likeness (QED) is 0.685. The van der Waals surface area contributed by atoms with Crippen molar-refractivity contribution in [3.8, 4) is 5.75 Å². The van der Waals surface area contributed by atoms with Crippen molar-refractivity contribution in [1.82, 2.24) is 15.1 Å². The van der Waals surface area contributed by atoms with Crippen molar-refractivity contribution in [1.29, 1.82) is 0 Å². The Morgan fingerprint density at radius 2 is 1.79 bits per heavy atom. The number of hydrogen-bond acceptors (Lipinski definition) is 6. The van der Waals surface area contributed by atoms with Crippen LogP contribution < -0.4 is 10.1 Å². The Bertz CT molecular complexity index is 1270. The SMILES string of the molecule is CC1(N2C(=O)c3ccc(C(=O)N4CC(Oc5cccc(F)c5)C4)cc3C2=O)CCC(=O)NC1=O. The Labute approximate surface area is 193 Å². The van der Waals surface area contributed by atoms with Crippen LogP contribution in [0.2, 0.25) is 0 Å². The van der Waals surface area contributed by atoms with Crippen LogP contribution in [-0.2, 0) is 9.59 Å². The number of piperidine rings is 1. The summed E-state index contributed by atoms with van der Waals surface area (Å²) in [7, 11) is 0. The fourth-order valence-electron chi connectivity index (χ4n) is 4.42. The van der Waals surface area contributed by atoms with Crippen LogP contribution in [0.25, 0.3) is 0 Å². The van der Waals surface area contributed by atoms with Gasteiger partial charge in [0.25, 0.3) is 23.6 Å². The van der Waals surface area contributed by atoms with E-state index in [1.54, 1.807) is 6.07 Å². The Hall–Kier alpha value is -4.08. The lowest BCUT2D eigenvalue weighted by molar-refractivity contribution is -0.140. The molecule has 5 amide bonds. The second-order valence-electron chi connectivity index (χ2n) is 8.76. The average molecular weight is 465 g/mol. The second kappa shape index (κ2) is 7.75. The van der Waals surface area contributed by atoms with E-state index in [0.717, 1.165) is 4.90 Å². The number of halogens is 1. The predicted molar refractivity (Wildman–Crippen MR) is 114 cm³/mol. The van der Waals surface area contributed by atoms with Crippen molar-refractivity contribution >= 4 is 29.5 Å². The Balaban J connectivity index is 1.30. The van der Waals surface area contributed by atoms with Crippen molar-refractivity contribution < 1.29 is 33.1 Å². The monoisotopic (exact) mass is 465 g/mol. The molecule has 0 radical (unpaired) electrons. The molecule has 1 N–H and O–H groups in total. The highest BCUT2D eigenvalue weighted by atomic mass is 19.1. The van der Waals surface area contributed by atoms with E-state index >= 15 is 0 Å². The van der Waals surface area contributed by atoms with E-state index < -0.39 is 35.0 Å². The molecular formula is C24H20FN3O6. The number of benzene rings is 2. The third-order valence-corrected chi connectivity index (χ3v) is 6.44. The Morgan fingerprint density at radius 3 is 2.50 bits per heavy atom. The van der Waals surface area contributed by atoms with Crippen LogP contribution in [0.4, 0.5) is 4.39 Å². The number of likely N-dealkylation sites (tertiary alicyclic amines) is 1. The van der Waals surface area contributed by atoms with E-state index in [1.807, 2.05) is 0 Å². The number of nitrogens with zero attached hydrogens (tertiary/aromatic N) is 2. The van der Waals surface area contributed by atoms with Crippen LogP contribution in [0.1, 0.15) is 50.8 Å². The average Bonchev–Trinajstić information content (AvgIpc) is 3.03. The number of nitrogens with one attached hydrogen (secondary N) is 1. The molecule has 0 saturated carbocycles. The second-order valence-corrected chi connectivity index (χ2v) is 8.76. The van der Waals surface area contributed by atoms with Gasteiger partial charge in [0, 0.05) is 18.1 Å². The number of imide groups is 2. The molecule has 0 spiro atoms. The van der Waals surface area contributed by atoms with Crippen LogP contribution in [-0.4, -0.2) is 64.1 Å². The summed E-state index contributed by atoms with van der Waals surface area (Å²) in [5.41, 5.74) is -1.14. The maximum absolute atomic E-state index is 13.3. The molecule has 10 heteroatoms. The van der Waals surface area contributed by atoms with Gasteiger partial charge in [-0.2, -0.15) is 0 Å². The summed E-state index contributed by atoms with van der Waals surface area (Å²) in [6, 6.07) is 9.96. The van der Waals surface area contributed by atoms with Gasteiger partial charge in [-0.25, -0.2) is 4.39 Å². The van der Waals surface area contributed by atoms with Gasteiger partial charge in [-0.15, -0.1) is 0 Å². The third kappa shape index (κ3) is 3.42. The minimum atomic E-state index is -1.50. The topological polar surface area (TPSA) is 113 Å². The molecule has 9 nitrogen and oxygen atoms in total. The number of carbonyl (C=O) groups excluding carboxylic acids is 5. The molecule has 2 fully saturated rings. The van der Waals surface area contributed by atoms with Crippen LogP contribution in [0, 0.1) is 5.82 Å². The Kier molecular flexibility index (Phi) is 4.96. The first kappa shape index (κ1) is 21.7. The summed E-state index contributed by atoms with van der Waals surface area (Å²) in [5.74, 6) is -2.87. The van der Waals surface area contributed by atoms with Gasteiger partial charge in [0.1, 0.15) is 23.2 Å². The molecule has 0 aliphatic carbocycles. The summed E-state index contributed by atoms with van der Waals surface area (Å²) in [6.07, 6.45) is -0.255. The first-order valence-electron chi connectivity index (χ1n) is 10.8. The molecule has 2 aromatic rings. The highest BCUT2D eigenvalue weighted by Gasteiger charge is 2.52. The lowest BCUT2D eigenvalue weighted by Gasteiger charge is -2.39. The highest BCUT2D eigenvalue weighted by Crippen LogP contribution is 2.34. The van der Waals surface area contributed by atoms with E-state index in [-0.39, 0.29) is 54.6 Å². The van der Waals surface area contributed by atoms with Crippen molar-refractivity contribution in [2.24, 2.45) is 0 Å². The third-order valence-electron chi connectivity index (χ3n) is 6.44. The molecule has 5 rings (SSSR count). The molecule has 174 valence electrons. The molecule has 1 unspecified atom stereocenters. The molecule has 0 aromatic heterocycles. The van der Waals surface area contributed by atoms with Crippen molar-refractivity contribution in [2.75, 3.05) is 13.1 Å². The summed E-state index contributed by atoms with van der Waals surface area (Å²) in [6.45, 7) is 2.02. The van der Waals surface area contributed by atoms with Crippen LogP contribution in [0.3, 0.4) is 0 Å². The van der Waals surface area contributed by atoms with E-state index in [1.165, 1.54) is 48.2 Å². The van der Waals surface area contributed by atoms with Crippen LogP contribution in [0.15, 0.2) is 42.5 Å². The molecule has 3 aliphatic heterocycles. The standard InChI is InChI=1S/C24H20FN3O6/c1-24(8-7-19(29)26-23(24)33)28-21(31)17-6-5-13(9-18(17)22(28)32)20(30)27-11-16(12-27)34-15-4-2-3-14(25)10-15/h2-6,9-10,16H,7-8,11-12H2,1H3,(H,26,29,33). The molecule has 2 saturated heterocycles. The van der Waals surface area contributed by atoms with E-state index in [9.17, 15) is 28.4 Å². The number of amides is 5. The fourth-order valence-corrected chi connectivity index (χ4v) is 4.42. The van der Waals surface area contributed by atoms with Gasteiger partial charge in [-0.05, 0) is 43.7 Å². The van der Waals surface area contributed by atoms with Crippen molar-refractivity contribution in [3.63, 3.8) is 0 Å². The fraction of sp³-hybridized carbons (Fsp3) is 0.292. The largest absolute Gasteiger partial charge is 0.487 e. The molecular weight excluding hydrogens is 445 g/mol. The normalized spacial score (nSPS) is 22.4. The zero-order valence-corrected chi connectivity index (χ0v) is 18.2. The van der Waals surface area contributed by atoms with Gasteiger partial charge < -0.3 is 9.64 Å². The molecule has 34 heavy (non-hydrogen) atoms. The number of rotatable bonds is 4. The molecule has 3 aliphatic rings. The summed E-state index contributed by atoms with van der Waals surface area (Å²) >= 11 is 0. The van der Waals surface area contributed by atoms with Crippen molar-refractivity contribution in [3.05, 3.63) is 65.0 Å². The first-order valence-corrected chi connectivity index (χ1v) is 10.8. The predicted octanol–water partition coefficient (Wildman–Crippen LogP) is 1.52. The van der Waals surface area contributed by atoms with Gasteiger partial charge in [0.05, 0.1) is 24.2 Å². The van der Waals surface area contributed by atoms with Gasteiger partial charge >= 0.3 is 0 Å². The highest BCUT2D eigenvalue weighted by molar-refractivity contribution is 6.24. The van der Waals surface area contributed by atoms with E-state index in [2.05, 4.69) is 5.32 Å². The molecule has 0 bridgehead atoms. The van der Waals surface area contributed by atoms with Gasteiger partial charge in [-0.3, -0.25) is 34.2 Å². The van der Waals surface area contributed by atoms with Gasteiger partial charge in [0.15, 0.2) is 0 Å². The van der Waals surface area contributed by atoms with Gasteiger partial charge in [-0.1, -0.05) is 6.07 Å². The number of hydrogen-bond donors (Lipinski definition) is 1. The minimum absolute atomic E-state index is 0.00714. The van der Waals surface area contributed by atoms with E-state index in [4.69, 9.17) is 4.74 Å². The summed E-state index contributed by atoms with van der Waals surface area (Å²) in [4.78, 5) is 65.4. The smallest absolute Gasteiger partial charge is 0.262 e. The number of carbonyl (C=O) groups is 5. The zero-order valence-electron chi connectivity index (χ0n) is 18.2. The molecule has 1 atom stereocenters. The van der Waals surface area contributed by atoms with E-state index in [0.29, 0.717) is 5.75 Å². The Morgan fingerprint density at radius 1 is 1.06 bits per heavy atom. The zero-order chi connectivity index (χ0) is 24.2. The summed E-state index contributed by atoms with van der Waals surface area (Å²) < 4.78 is 19.0. The number of ether oxygens (including phenoxy) is 1. The first-order chi connectivity index (χ1) is 16.2. The maximum Gasteiger partial charge on any atom is 0.262 e. The van der Waals surface area contributed by atoms with Crippen molar-refractivity contribution in [2.45, 2.75) is 31.4 Å². The molecule has 2 aromatic carbocycles. The van der Waals surface area contributed by atoms with Crippen LogP contribution >= 0.6 is 0 Å². The lowest BCUT2D eigenvalue weighted by Crippen LogP contribution is -2.62. The van der Waals surface area contributed by atoms with Gasteiger partial charge in [0.2, 0.25) is 5.91 Å². The maximum atomic E-state index is 13.3. The molecule has 3 heterocycles. The van der Waals surface area contributed by atoms with Crippen LogP contribution in [0.5, 0.6) is 5.75 Å². The number of fused-ring (bicyclic) bond motifs is 1.